The SMILES string of the molecule is CCCc1nc(N)cc(NCC(C)(C)N(C)C)n1. The van der Waals surface area contributed by atoms with E-state index in [0.717, 1.165) is 31.0 Å². The van der Waals surface area contributed by atoms with Crippen LogP contribution in [0, 0.1) is 0 Å². The summed E-state index contributed by atoms with van der Waals surface area (Å²) in [6.45, 7) is 7.27. The fourth-order valence-corrected chi connectivity index (χ4v) is 1.41. The van der Waals surface area contributed by atoms with Gasteiger partial charge in [0.25, 0.3) is 0 Å². The summed E-state index contributed by atoms with van der Waals surface area (Å²) in [4.78, 5) is 10.9. The zero-order valence-corrected chi connectivity index (χ0v) is 12.1. The Bertz CT molecular complexity index is 387. The minimum atomic E-state index is 0.0602. The van der Waals surface area contributed by atoms with Crippen LogP contribution < -0.4 is 11.1 Å². The van der Waals surface area contributed by atoms with E-state index in [1.54, 1.807) is 6.07 Å². The summed E-state index contributed by atoms with van der Waals surface area (Å²) < 4.78 is 0. The Hall–Kier alpha value is -1.36. The fourth-order valence-electron chi connectivity index (χ4n) is 1.41. The highest BCUT2D eigenvalue weighted by molar-refractivity contribution is 5.44. The van der Waals surface area contributed by atoms with Crippen molar-refractivity contribution < 1.29 is 0 Å². The summed E-state index contributed by atoms with van der Waals surface area (Å²) in [6, 6.07) is 1.78. The van der Waals surface area contributed by atoms with Gasteiger partial charge in [-0.2, -0.15) is 0 Å². The molecule has 0 aliphatic heterocycles. The number of anilines is 2. The second kappa shape index (κ2) is 6.00. The number of nitrogens with one attached hydrogen (secondary N) is 1. The molecule has 0 aliphatic carbocycles. The van der Waals surface area contributed by atoms with Crippen molar-refractivity contribution in [3.05, 3.63) is 11.9 Å². The van der Waals surface area contributed by atoms with Crippen molar-refractivity contribution in [1.29, 1.82) is 0 Å². The molecule has 0 bridgehead atoms. The van der Waals surface area contributed by atoms with E-state index in [2.05, 4.69) is 55.1 Å². The minimum Gasteiger partial charge on any atom is -0.384 e. The van der Waals surface area contributed by atoms with Gasteiger partial charge in [0, 0.05) is 24.6 Å². The summed E-state index contributed by atoms with van der Waals surface area (Å²) in [5, 5.41) is 3.33. The summed E-state index contributed by atoms with van der Waals surface area (Å²) in [5.41, 5.74) is 5.85. The van der Waals surface area contributed by atoms with E-state index < -0.39 is 0 Å². The summed E-state index contributed by atoms with van der Waals surface area (Å²) in [6.07, 6.45) is 1.88. The molecule has 0 radical (unpaired) electrons. The molecule has 0 saturated heterocycles. The van der Waals surface area contributed by atoms with E-state index in [0.29, 0.717) is 5.82 Å². The van der Waals surface area contributed by atoms with Crippen molar-refractivity contribution in [3.8, 4) is 0 Å². The molecule has 0 spiro atoms. The molecule has 5 heteroatoms. The van der Waals surface area contributed by atoms with Crippen molar-refractivity contribution >= 4 is 11.6 Å². The summed E-state index contributed by atoms with van der Waals surface area (Å²) in [7, 11) is 4.14. The first kappa shape index (κ1) is 14.7. The Morgan fingerprint density at radius 2 is 2.00 bits per heavy atom. The summed E-state index contributed by atoms with van der Waals surface area (Å²) in [5.74, 6) is 2.14. The Labute approximate surface area is 110 Å². The minimum absolute atomic E-state index is 0.0602. The highest BCUT2D eigenvalue weighted by Gasteiger charge is 2.20. The predicted molar refractivity (Wildman–Crippen MR) is 76.7 cm³/mol. The molecule has 0 aliphatic rings. The number of nitrogens with zero attached hydrogens (tertiary/aromatic N) is 3. The molecule has 5 nitrogen and oxygen atoms in total. The van der Waals surface area contributed by atoms with Crippen molar-refractivity contribution in [1.82, 2.24) is 14.9 Å². The Kier molecular flexibility index (Phi) is 4.90. The molecular weight excluding hydrogens is 226 g/mol. The third-order valence-corrected chi connectivity index (χ3v) is 3.18. The van der Waals surface area contributed by atoms with Gasteiger partial charge in [0.15, 0.2) is 0 Å². The number of likely N-dealkylation sites (N-methyl/N-ethyl adjacent to an activating group) is 1. The van der Waals surface area contributed by atoms with Gasteiger partial charge in [-0.05, 0) is 34.4 Å². The van der Waals surface area contributed by atoms with E-state index in [-0.39, 0.29) is 5.54 Å². The van der Waals surface area contributed by atoms with Crippen molar-refractivity contribution in [3.63, 3.8) is 0 Å². The molecule has 0 saturated carbocycles. The van der Waals surface area contributed by atoms with Gasteiger partial charge in [-0.1, -0.05) is 6.92 Å². The molecule has 1 heterocycles. The largest absolute Gasteiger partial charge is 0.384 e. The van der Waals surface area contributed by atoms with Crippen LogP contribution in [0.4, 0.5) is 11.6 Å². The molecular formula is C13H25N5. The monoisotopic (exact) mass is 251 g/mol. The first-order chi connectivity index (χ1) is 8.35. The van der Waals surface area contributed by atoms with Gasteiger partial charge >= 0.3 is 0 Å². The Morgan fingerprint density at radius 3 is 2.56 bits per heavy atom. The lowest BCUT2D eigenvalue weighted by molar-refractivity contribution is 0.210. The number of aryl methyl sites for hydroxylation is 1. The van der Waals surface area contributed by atoms with Crippen LogP contribution in [-0.4, -0.2) is 41.0 Å². The van der Waals surface area contributed by atoms with Crippen molar-refractivity contribution in [2.75, 3.05) is 31.7 Å². The van der Waals surface area contributed by atoms with Crippen molar-refractivity contribution in [2.24, 2.45) is 0 Å². The molecule has 0 atom stereocenters. The first-order valence-corrected chi connectivity index (χ1v) is 6.40. The van der Waals surface area contributed by atoms with E-state index in [1.807, 2.05) is 0 Å². The molecule has 102 valence electrons. The molecule has 0 unspecified atom stereocenters. The molecule has 0 amide bonds. The zero-order valence-electron chi connectivity index (χ0n) is 12.1. The van der Waals surface area contributed by atoms with Crippen LogP contribution in [0.1, 0.15) is 33.0 Å². The van der Waals surface area contributed by atoms with E-state index in [4.69, 9.17) is 5.73 Å². The summed E-state index contributed by atoms with van der Waals surface area (Å²) >= 11 is 0. The van der Waals surface area contributed by atoms with Crippen LogP contribution >= 0.6 is 0 Å². The van der Waals surface area contributed by atoms with Gasteiger partial charge in [-0.3, -0.25) is 0 Å². The van der Waals surface area contributed by atoms with Crippen LogP contribution in [0.25, 0.3) is 0 Å². The normalized spacial score (nSPS) is 11.9. The maximum absolute atomic E-state index is 5.79. The molecule has 1 rings (SSSR count). The lowest BCUT2D eigenvalue weighted by atomic mass is 10.0. The van der Waals surface area contributed by atoms with Crippen LogP contribution in [0.5, 0.6) is 0 Å². The molecule has 0 aromatic carbocycles. The van der Waals surface area contributed by atoms with Crippen LogP contribution in [0.2, 0.25) is 0 Å². The molecule has 1 aromatic heterocycles. The number of hydrogen-bond acceptors (Lipinski definition) is 5. The molecule has 1 aromatic rings. The van der Waals surface area contributed by atoms with Gasteiger partial charge in [0.2, 0.25) is 0 Å². The molecule has 0 fully saturated rings. The topological polar surface area (TPSA) is 67.1 Å². The predicted octanol–water partition coefficient (Wildman–Crippen LogP) is 1.76. The zero-order chi connectivity index (χ0) is 13.8. The van der Waals surface area contributed by atoms with Crippen LogP contribution in [0.3, 0.4) is 0 Å². The Morgan fingerprint density at radius 1 is 1.33 bits per heavy atom. The maximum atomic E-state index is 5.79. The standard InChI is InChI=1S/C13H25N5/c1-6-7-11-16-10(14)8-12(17-11)15-9-13(2,3)18(4)5/h8H,6-7,9H2,1-5H3,(H3,14,15,16,17). The highest BCUT2D eigenvalue weighted by Crippen LogP contribution is 2.14. The fraction of sp³-hybridized carbons (Fsp3) is 0.692. The van der Waals surface area contributed by atoms with Gasteiger partial charge in [-0.25, -0.2) is 9.97 Å². The van der Waals surface area contributed by atoms with E-state index in [1.165, 1.54) is 0 Å². The van der Waals surface area contributed by atoms with E-state index >= 15 is 0 Å². The second-order valence-corrected chi connectivity index (χ2v) is 5.40. The average molecular weight is 251 g/mol. The van der Waals surface area contributed by atoms with E-state index in [9.17, 15) is 0 Å². The van der Waals surface area contributed by atoms with Gasteiger partial charge in [0.1, 0.15) is 17.5 Å². The van der Waals surface area contributed by atoms with Gasteiger partial charge < -0.3 is 16.0 Å². The number of rotatable bonds is 6. The van der Waals surface area contributed by atoms with Gasteiger partial charge in [-0.15, -0.1) is 0 Å². The lowest BCUT2D eigenvalue weighted by Gasteiger charge is -2.32. The number of aromatic nitrogens is 2. The number of nitrogen functional groups attached to an aromatic ring is 1. The van der Waals surface area contributed by atoms with Crippen LogP contribution in [0.15, 0.2) is 6.07 Å². The third-order valence-electron chi connectivity index (χ3n) is 3.18. The number of nitrogens with two attached hydrogens (primary N) is 1. The third kappa shape index (κ3) is 4.14. The molecule has 3 N–H and O–H groups in total. The Balaban J connectivity index is 2.73. The average Bonchev–Trinajstić information content (AvgIpc) is 2.26. The van der Waals surface area contributed by atoms with Crippen LogP contribution in [-0.2, 0) is 6.42 Å². The van der Waals surface area contributed by atoms with Crippen molar-refractivity contribution in [2.45, 2.75) is 39.2 Å². The first-order valence-electron chi connectivity index (χ1n) is 6.40. The van der Waals surface area contributed by atoms with Gasteiger partial charge in [0.05, 0.1) is 0 Å². The highest BCUT2D eigenvalue weighted by atomic mass is 15.2. The lowest BCUT2D eigenvalue weighted by Crippen LogP contribution is -2.44. The quantitative estimate of drug-likeness (QED) is 0.806. The molecule has 18 heavy (non-hydrogen) atoms. The second-order valence-electron chi connectivity index (χ2n) is 5.40. The number of hydrogen-bond donors (Lipinski definition) is 2. The smallest absolute Gasteiger partial charge is 0.133 e. The maximum Gasteiger partial charge on any atom is 0.133 e.